The Morgan fingerprint density at radius 1 is 0.864 bits per heavy atom. The zero-order chi connectivity index (χ0) is 15.5. The van der Waals surface area contributed by atoms with Gasteiger partial charge in [-0.3, -0.25) is 0 Å². The summed E-state index contributed by atoms with van der Waals surface area (Å²) >= 11 is 0. The molecule has 0 radical (unpaired) electrons. The molecule has 0 spiro atoms. The molecular weight excluding hydrogens is 266 g/mol. The molecule has 0 saturated carbocycles. The normalized spacial score (nSPS) is 17.4. The molecule has 0 bridgehead atoms. The maximum absolute atomic E-state index is 3.71. The van der Waals surface area contributed by atoms with E-state index in [2.05, 4.69) is 36.5 Å². The lowest BCUT2D eigenvalue weighted by atomic mass is 9.91. The lowest BCUT2D eigenvalue weighted by Crippen LogP contribution is -2.29. The lowest BCUT2D eigenvalue weighted by molar-refractivity contribution is 0.447. The first-order valence-corrected chi connectivity index (χ1v) is 9.73. The Bertz CT molecular complexity index is 399. The molecule has 1 aromatic carbocycles. The Hall–Kier alpha value is -0.820. The molecule has 0 fully saturated rings. The van der Waals surface area contributed by atoms with Crippen molar-refractivity contribution in [1.29, 1.82) is 0 Å². The third kappa shape index (κ3) is 6.12. The van der Waals surface area contributed by atoms with Crippen LogP contribution in [-0.4, -0.2) is 6.54 Å². The minimum atomic E-state index is 0.610. The van der Waals surface area contributed by atoms with Gasteiger partial charge in [0.1, 0.15) is 0 Å². The minimum Gasteiger partial charge on any atom is -0.310 e. The van der Waals surface area contributed by atoms with Gasteiger partial charge in [0.15, 0.2) is 0 Å². The molecule has 1 heterocycles. The molecule has 0 saturated heterocycles. The Kier molecular flexibility index (Phi) is 8.63. The summed E-state index contributed by atoms with van der Waals surface area (Å²) in [6, 6.07) is 9.61. The highest BCUT2D eigenvalue weighted by atomic mass is 14.9. The Labute approximate surface area is 137 Å². The third-order valence-electron chi connectivity index (χ3n) is 5.06. The average Bonchev–Trinajstić information content (AvgIpc) is 2.56. The first-order chi connectivity index (χ1) is 10.9. The second-order valence-corrected chi connectivity index (χ2v) is 6.93. The maximum Gasteiger partial charge on any atom is 0.0323 e. The van der Waals surface area contributed by atoms with E-state index in [1.54, 1.807) is 11.1 Å². The maximum atomic E-state index is 3.71. The van der Waals surface area contributed by atoms with E-state index < -0.39 is 0 Å². The van der Waals surface area contributed by atoms with Crippen molar-refractivity contribution in [1.82, 2.24) is 5.32 Å². The Balaban J connectivity index is 1.51. The van der Waals surface area contributed by atoms with Crippen LogP contribution in [0.3, 0.4) is 0 Å². The number of unbranched alkanes of at least 4 members (excludes halogenated alkanes) is 9. The highest BCUT2D eigenvalue weighted by molar-refractivity contribution is 5.32. The largest absolute Gasteiger partial charge is 0.310 e. The summed E-state index contributed by atoms with van der Waals surface area (Å²) in [6.45, 7) is 3.44. The van der Waals surface area contributed by atoms with Gasteiger partial charge in [0.05, 0.1) is 0 Å². The number of rotatable bonds is 11. The molecule has 1 aliphatic heterocycles. The zero-order valence-electron chi connectivity index (χ0n) is 14.6. The van der Waals surface area contributed by atoms with Crippen molar-refractivity contribution >= 4 is 0 Å². The first kappa shape index (κ1) is 17.5. The van der Waals surface area contributed by atoms with Gasteiger partial charge in [0, 0.05) is 6.04 Å². The summed E-state index contributed by atoms with van der Waals surface area (Å²) in [5.41, 5.74) is 3.13. The number of hydrogen-bond acceptors (Lipinski definition) is 1. The van der Waals surface area contributed by atoms with Crippen molar-refractivity contribution in [3.8, 4) is 0 Å². The van der Waals surface area contributed by atoms with Crippen molar-refractivity contribution in [2.75, 3.05) is 6.54 Å². The molecule has 124 valence electrons. The highest BCUT2D eigenvalue weighted by Gasteiger charge is 2.18. The molecule has 0 aliphatic carbocycles. The van der Waals surface area contributed by atoms with Crippen LogP contribution in [0.15, 0.2) is 24.3 Å². The van der Waals surface area contributed by atoms with Crippen LogP contribution in [0, 0.1) is 0 Å². The second kappa shape index (κ2) is 10.8. The average molecular weight is 302 g/mol. The van der Waals surface area contributed by atoms with E-state index in [1.807, 2.05) is 0 Å². The van der Waals surface area contributed by atoms with E-state index in [9.17, 15) is 0 Å². The number of hydrogen-bond donors (Lipinski definition) is 1. The van der Waals surface area contributed by atoms with Crippen LogP contribution in [0.4, 0.5) is 0 Å². The van der Waals surface area contributed by atoms with Gasteiger partial charge in [-0.05, 0) is 30.5 Å². The molecule has 0 amide bonds. The quantitative estimate of drug-likeness (QED) is 0.481. The van der Waals surface area contributed by atoms with Crippen molar-refractivity contribution in [2.45, 2.75) is 90.0 Å². The van der Waals surface area contributed by atoms with E-state index in [0.29, 0.717) is 6.04 Å². The van der Waals surface area contributed by atoms with Crippen molar-refractivity contribution in [3.63, 3.8) is 0 Å². The third-order valence-corrected chi connectivity index (χ3v) is 5.06. The highest BCUT2D eigenvalue weighted by Crippen LogP contribution is 2.27. The summed E-state index contributed by atoms with van der Waals surface area (Å²) in [4.78, 5) is 0. The van der Waals surface area contributed by atoms with Gasteiger partial charge in [-0.15, -0.1) is 0 Å². The van der Waals surface area contributed by atoms with Gasteiger partial charge in [0.2, 0.25) is 0 Å². The van der Waals surface area contributed by atoms with E-state index >= 15 is 0 Å². The Morgan fingerprint density at radius 3 is 2.23 bits per heavy atom. The number of benzene rings is 1. The van der Waals surface area contributed by atoms with E-state index in [-0.39, 0.29) is 0 Å². The van der Waals surface area contributed by atoms with E-state index in [1.165, 1.54) is 77.0 Å². The molecule has 1 unspecified atom stereocenters. The van der Waals surface area contributed by atoms with Crippen LogP contribution < -0.4 is 5.32 Å². The van der Waals surface area contributed by atoms with Gasteiger partial charge in [0.25, 0.3) is 0 Å². The predicted molar refractivity (Wildman–Crippen MR) is 97.4 cm³/mol. The van der Waals surface area contributed by atoms with Gasteiger partial charge < -0.3 is 5.32 Å². The zero-order valence-corrected chi connectivity index (χ0v) is 14.6. The molecule has 1 aliphatic rings. The lowest BCUT2D eigenvalue weighted by Gasteiger charge is -2.27. The molecular formula is C21H35N. The van der Waals surface area contributed by atoms with Crippen LogP contribution in [0.2, 0.25) is 0 Å². The molecule has 0 aromatic heterocycles. The van der Waals surface area contributed by atoms with Crippen LogP contribution in [-0.2, 0) is 6.42 Å². The standard InChI is InChI=1S/C21H35N/c1-2-3-4-5-6-7-8-9-10-11-16-21-20-15-13-12-14-19(20)17-18-22-21/h12-15,21-22H,2-11,16-18H2,1H3. The fraction of sp³-hybridized carbons (Fsp3) is 0.714. The van der Waals surface area contributed by atoms with E-state index in [4.69, 9.17) is 0 Å². The summed E-state index contributed by atoms with van der Waals surface area (Å²) in [5.74, 6) is 0. The number of fused-ring (bicyclic) bond motifs is 1. The van der Waals surface area contributed by atoms with Gasteiger partial charge in [-0.25, -0.2) is 0 Å². The van der Waals surface area contributed by atoms with Crippen molar-refractivity contribution in [3.05, 3.63) is 35.4 Å². The molecule has 22 heavy (non-hydrogen) atoms. The monoisotopic (exact) mass is 301 g/mol. The van der Waals surface area contributed by atoms with Crippen LogP contribution in [0.1, 0.15) is 94.7 Å². The van der Waals surface area contributed by atoms with Gasteiger partial charge in [-0.1, -0.05) is 95.4 Å². The SMILES string of the molecule is CCCCCCCCCCCCC1NCCc2ccccc21. The smallest absolute Gasteiger partial charge is 0.0323 e. The summed E-state index contributed by atoms with van der Waals surface area (Å²) in [6.07, 6.45) is 16.8. The first-order valence-electron chi connectivity index (χ1n) is 9.73. The summed E-state index contributed by atoms with van der Waals surface area (Å²) in [7, 11) is 0. The summed E-state index contributed by atoms with van der Waals surface area (Å²) in [5, 5.41) is 3.71. The van der Waals surface area contributed by atoms with Crippen molar-refractivity contribution in [2.24, 2.45) is 0 Å². The number of nitrogens with one attached hydrogen (secondary N) is 1. The Morgan fingerprint density at radius 2 is 1.50 bits per heavy atom. The van der Waals surface area contributed by atoms with Crippen LogP contribution in [0.5, 0.6) is 0 Å². The second-order valence-electron chi connectivity index (χ2n) is 6.93. The minimum absolute atomic E-state index is 0.610. The van der Waals surface area contributed by atoms with Gasteiger partial charge >= 0.3 is 0 Å². The molecule has 2 rings (SSSR count). The molecule has 1 nitrogen and oxygen atoms in total. The van der Waals surface area contributed by atoms with Crippen molar-refractivity contribution < 1.29 is 0 Å². The molecule has 1 aromatic rings. The summed E-state index contributed by atoms with van der Waals surface area (Å²) < 4.78 is 0. The van der Waals surface area contributed by atoms with Crippen LogP contribution >= 0.6 is 0 Å². The van der Waals surface area contributed by atoms with Gasteiger partial charge in [-0.2, -0.15) is 0 Å². The fourth-order valence-electron chi connectivity index (χ4n) is 3.69. The molecule has 1 N–H and O–H groups in total. The molecule has 1 atom stereocenters. The predicted octanol–water partition coefficient (Wildman–Crippen LogP) is 6.18. The van der Waals surface area contributed by atoms with E-state index in [0.717, 1.165) is 6.54 Å². The fourth-order valence-corrected chi connectivity index (χ4v) is 3.69. The molecule has 1 heteroatoms. The van der Waals surface area contributed by atoms with Crippen LogP contribution in [0.25, 0.3) is 0 Å². The topological polar surface area (TPSA) is 12.0 Å².